The summed E-state index contributed by atoms with van der Waals surface area (Å²) in [5, 5.41) is 9.35. The minimum Gasteiger partial charge on any atom is -0.508 e. The Hall–Kier alpha value is -2.04. The molecule has 1 aliphatic carbocycles. The molecule has 5 nitrogen and oxygen atoms in total. The molecular weight excluding hydrogens is 244 g/mol. The number of hydrogen-bond acceptors (Lipinski definition) is 4. The van der Waals surface area contributed by atoms with E-state index in [2.05, 4.69) is 0 Å². The van der Waals surface area contributed by atoms with E-state index in [9.17, 15) is 14.7 Å². The van der Waals surface area contributed by atoms with Gasteiger partial charge < -0.3 is 10.8 Å². The summed E-state index contributed by atoms with van der Waals surface area (Å²) < 4.78 is 0. The number of nitrogens with two attached hydrogens (primary N) is 1. The van der Waals surface area contributed by atoms with Gasteiger partial charge in [-0.25, -0.2) is 4.90 Å². The number of carbonyl (C=O) groups excluding carboxylic acids is 2. The summed E-state index contributed by atoms with van der Waals surface area (Å²) in [4.78, 5) is 25.9. The molecule has 100 valence electrons. The Balaban J connectivity index is 2.01. The summed E-state index contributed by atoms with van der Waals surface area (Å²) >= 11 is 0. The molecule has 3 rings (SSSR count). The monoisotopic (exact) mass is 260 g/mol. The number of aromatic hydroxyl groups is 1. The van der Waals surface area contributed by atoms with Crippen LogP contribution >= 0.6 is 0 Å². The number of phenols is 1. The summed E-state index contributed by atoms with van der Waals surface area (Å²) in [5.74, 6) is -0.299. The van der Waals surface area contributed by atoms with Crippen LogP contribution in [0.4, 0.5) is 11.4 Å². The molecule has 1 heterocycles. The van der Waals surface area contributed by atoms with Crippen molar-refractivity contribution in [1.82, 2.24) is 0 Å². The van der Waals surface area contributed by atoms with Gasteiger partial charge in [0.2, 0.25) is 11.8 Å². The Morgan fingerprint density at radius 3 is 2.53 bits per heavy atom. The average Bonchev–Trinajstić information content (AvgIpc) is 2.89. The fourth-order valence-electron chi connectivity index (χ4n) is 3.23. The number of benzene rings is 1. The van der Waals surface area contributed by atoms with Gasteiger partial charge in [-0.3, -0.25) is 9.59 Å². The maximum atomic E-state index is 12.6. The lowest BCUT2D eigenvalue weighted by Gasteiger charge is -2.21. The number of hydrogen-bond donors (Lipinski definition) is 2. The van der Waals surface area contributed by atoms with Gasteiger partial charge in [0.25, 0.3) is 0 Å². The highest BCUT2D eigenvalue weighted by molar-refractivity contribution is 6.23. The molecule has 5 heteroatoms. The molecule has 1 spiro atoms. The van der Waals surface area contributed by atoms with Crippen LogP contribution in [0.15, 0.2) is 18.2 Å². The molecule has 1 aromatic rings. The molecule has 1 aromatic carbocycles. The van der Waals surface area contributed by atoms with Gasteiger partial charge in [-0.15, -0.1) is 0 Å². The number of nitrogen functional groups attached to an aromatic ring is 1. The number of carbonyl (C=O) groups is 2. The third-order valence-electron chi connectivity index (χ3n) is 4.21. The summed E-state index contributed by atoms with van der Waals surface area (Å²) in [6.07, 6.45) is 3.85. The lowest BCUT2D eigenvalue weighted by molar-refractivity contribution is -0.125. The van der Waals surface area contributed by atoms with E-state index in [1.165, 1.54) is 23.1 Å². The van der Waals surface area contributed by atoms with Crippen LogP contribution < -0.4 is 10.6 Å². The maximum absolute atomic E-state index is 12.6. The van der Waals surface area contributed by atoms with Gasteiger partial charge in [0.15, 0.2) is 0 Å². The summed E-state index contributed by atoms with van der Waals surface area (Å²) in [7, 11) is 0. The summed E-state index contributed by atoms with van der Waals surface area (Å²) in [6, 6.07) is 4.32. The second kappa shape index (κ2) is 3.98. The van der Waals surface area contributed by atoms with Gasteiger partial charge in [0.1, 0.15) is 5.75 Å². The van der Waals surface area contributed by atoms with Gasteiger partial charge >= 0.3 is 0 Å². The lowest BCUT2D eigenvalue weighted by atomic mass is 9.84. The zero-order valence-corrected chi connectivity index (χ0v) is 10.6. The summed E-state index contributed by atoms with van der Waals surface area (Å²) in [5.41, 5.74) is 5.94. The Labute approximate surface area is 111 Å². The normalized spacial score (nSPS) is 21.6. The first-order valence-corrected chi connectivity index (χ1v) is 6.49. The van der Waals surface area contributed by atoms with E-state index in [-0.39, 0.29) is 29.7 Å². The second-order valence-corrected chi connectivity index (χ2v) is 5.44. The first-order chi connectivity index (χ1) is 9.03. The standard InChI is InChI=1S/C14H16N2O3/c15-10-7-9(17)3-4-11(10)16-12(18)8-14(13(16)19)5-1-2-6-14/h3-4,7,17H,1-2,5-6,8,15H2. The van der Waals surface area contributed by atoms with Crippen molar-refractivity contribution in [3.63, 3.8) is 0 Å². The molecule has 0 unspecified atom stereocenters. The molecule has 0 aromatic heterocycles. The molecule has 0 atom stereocenters. The molecule has 2 fully saturated rings. The van der Waals surface area contributed by atoms with Crippen LogP contribution in [-0.2, 0) is 9.59 Å². The Morgan fingerprint density at radius 2 is 1.89 bits per heavy atom. The molecule has 0 bridgehead atoms. The fraction of sp³-hybridized carbons (Fsp3) is 0.429. The highest BCUT2D eigenvalue weighted by atomic mass is 16.3. The van der Waals surface area contributed by atoms with Crippen molar-refractivity contribution < 1.29 is 14.7 Å². The van der Waals surface area contributed by atoms with Crippen LogP contribution in [0, 0.1) is 5.41 Å². The first-order valence-electron chi connectivity index (χ1n) is 6.49. The number of imide groups is 1. The topological polar surface area (TPSA) is 83.6 Å². The van der Waals surface area contributed by atoms with Gasteiger partial charge in [-0.05, 0) is 25.0 Å². The van der Waals surface area contributed by atoms with Gasteiger partial charge in [-0.1, -0.05) is 12.8 Å². The number of anilines is 2. The molecule has 19 heavy (non-hydrogen) atoms. The van der Waals surface area contributed by atoms with Crippen molar-refractivity contribution >= 4 is 23.2 Å². The zero-order valence-electron chi connectivity index (χ0n) is 10.6. The number of phenolic OH excluding ortho intramolecular Hbond substituents is 1. The van der Waals surface area contributed by atoms with Gasteiger partial charge in [-0.2, -0.15) is 0 Å². The minimum atomic E-state index is -0.499. The van der Waals surface area contributed by atoms with Crippen LogP contribution in [0.5, 0.6) is 5.75 Å². The first kappa shape index (κ1) is 12.0. The van der Waals surface area contributed by atoms with Crippen molar-refractivity contribution in [2.75, 3.05) is 10.6 Å². The molecule has 0 radical (unpaired) electrons. The van der Waals surface area contributed by atoms with Gasteiger partial charge in [0, 0.05) is 12.5 Å². The smallest absolute Gasteiger partial charge is 0.240 e. The Morgan fingerprint density at radius 1 is 1.21 bits per heavy atom. The molecule has 2 aliphatic rings. The van der Waals surface area contributed by atoms with E-state index in [0.29, 0.717) is 5.69 Å². The van der Waals surface area contributed by atoms with E-state index in [1.807, 2.05) is 0 Å². The van der Waals surface area contributed by atoms with E-state index in [4.69, 9.17) is 5.73 Å². The van der Waals surface area contributed by atoms with E-state index in [1.54, 1.807) is 0 Å². The van der Waals surface area contributed by atoms with Crippen molar-refractivity contribution in [2.24, 2.45) is 5.41 Å². The Bertz CT molecular complexity index is 562. The van der Waals surface area contributed by atoms with E-state index < -0.39 is 5.41 Å². The van der Waals surface area contributed by atoms with Crippen molar-refractivity contribution in [1.29, 1.82) is 0 Å². The molecule has 2 amide bonds. The fourth-order valence-corrected chi connectivity index (χ4v) is 3.23. The van der Waals surface area contributed by atoms with E-state index >= 15 is 0 Å². The van der Waals surface area contributed by atoms with Crippen LogP contribution in [0.3, 0.4) is 0 Å². The third-order valence-corrected chi connectivity index (χ3v) is 4.21. The number of rotatable bonds is 1. The molecular formula is C14H16N2O3. The molecule has 1 saturated carbocycles. The quantitative estimate of drug-likeness (QED) is 0.595. The highest BCUT2D eigenvalue weighted by Crippen LogP contribution is 2.48. The molecule has 3 N–H and O–H groups in total. The second-order valence-electron chi connectivity index (χ2n) is 5.44. The maximum Gasteiger partial charge on any atom is 0.240 e. The SMILES string of the molecule is Nc1cc(O)ccc1N1C(=O)CC2(CCCC2)C1=O. The highest BCUT2D eigenvalue weighted by Gasteiger charge is 2.53. The van der Waals surface area contributed by atoms with Gasteiger partial charge in [0.05, 0.1) is 16.8 Å². The predicted octanol–water partition coefficient (Wildman–Crippen LogP) is 1.80. The largest absolute Gasteiger partial charge is 0.508 e. The third kappa shape index (κ3) is 1.69. The number of amides is 2. The summed E-state index contributed by atoms with van der Waals surface area (Å²) in [6.45, 7) is 0. The number of nitrogens with zero attached hydrogens (tertiary/aromatic N) is 1. The zero-order chi connectivity index (χ0) is 13.6. The van der Waals surface area contributed by atoms with Crippen molar-refractivity contribution in [3.8, 4) is 5.75 Å². The lowest BCUT2D eigenvalue weighted by Crippen LogP contribution is -2.34. The van der Waals surface area contributed by atoms with Crippen LogP contribution in [-0.4, -0.2) is 16.9 Å². The van der Waals surface area contributed by atoms with Crippen molar-refractivity contribution in [3.05, 3.63) is 18.2 Å². The molecule has 1 aliphatic heterocycles. The predicted molar refractivity (Wildman–Crippen MR) is 70.5 cm³/mol. The molecule has 1 saturated heterocycles. The van der Waals surface area contributed by atoms with Crippen molar-refractivity contribution in [2.45, 2.75) is 32.1 Å². The Kier molecular flexibility index (Phi) is 2.52. The minimum absolute atomic E-state index is 0.0240. The van der Waals surface area contributed by atoms with Crippen LogP contribution in [0.2, 0.25) is 0 Å². The van der Waals surface area contributed by atoms with Crippen LogP contribution in [0.1, 0.15) is 32.1 Å². The van der Waals surface area contributed by atoms with E-state index in [0.717, 1.165) is 25.7 Å². The average molecular weight is 260 g/mol. The van der Waals surface area contributed by atoms with Crippen LogP contribution in [0.25, 0.3) is 0 Å².